The summed E-state index contributed by atoms with van der Waals surface area (Å²) in [4.78, 5) is 42.7. The number of nitrogens with zero attached hydrogens (tertiary/aromatic N) is 2. The van der Waals surface area contributed by atoms with Crippen LogP contribution in [0.15, 0.2) is 54.6 Å². The van der Waals surface area contributed by atoms with Gasteiger partial charge in [0.25, 0.3) is 5.91 Å². The molecule has 0 unspecified atom stereocenters. The molecule has 1 heterocycles. The van der Waals surface area contributed by atoms with Crippen molar-refractivity contribution < 1.29 is 23.9 Å². The lowest BCUT2D eigenvalue weighted by Gasteiger charge is -2.26. The lowest BCUT2D eigenvalue weighted by Crippen LogP contribution is -2.38. The van der Waals surface area contributed by atoms with E-state index in [1.54, 1.807) is 45.0 Å². The van der Waals surface area contributed by atoms with Gasteiger partial charge in [0.15, 0.2) is 0 Å². The number of rotatable bonds is 8. The molecule has 3 aromatic rings. The molecule has 3 rings (SSSR count). The highest BCUT2D eigenvalue weighted by Gasteiger charge is 2.30. The molecule has 0 bridgehead atoms. The van der Waals surface area contributed by atoms with Crippen molar-refractivity contribution in [3.05, 3.63) is 82.9 Å². The fourth-order valence-electron chi connectivity index (χ4n) is 3.97. The molecule has 0 aliphatic heterocycles. The number of carbonyl (C=O) groups excluding carboxylic acids is 3. The zero-order valence-corrected chi connectivity index (χ0v) is 23.0. The first-order chi connectivity index (χ1) is 17.9. The maximum absolute atomic E-state index is 13.4. The Hall–Kier alpha value is -4.14. The van der Waals surface area contributed by atoms with E-state index in [0.717, 1.165) is 5.56 Å². The van der Waals surface area contributed by atoms with Crippen molar-refractivity contribution in [2.24, 2.45) is 5.92 Å². The summed E-state index contributed by atoms with van der Waals surface area (Å²) in [6.07, 6.45) is -0.561. The van der Waals surface area contributed by atoms with Crippen molar-refractivity contribution in [3.63, 3.8) is 0 Å². The van der Waals surface area contributed by atoms with Gasteiger partial charge >= 0.3 is 12.1 Å². The highest BCUT2D eigenvalue weighted by atomic mass is 16.6. The number of anilines is 1. The first-order valence-electron chi connectivity index (χ1n) is 12.5. The highest BCUT2D eigenvalue weighted by molar-refractivity contribution is 6.04. The summed E-state index contributed by atoms with van der Waals surface area (Å²) >= 11 is 0. The molecule has 0 spiro atoms. The lowest BCUT2D eigenvalue weighted by atomic mass is 10.0. The number of methoxy groups -OCH3 is 1. The molecule has 1 atom stereocenters. The van der Waals surface area contributed by atoms with E-state index in [-0.39, 0.29) is 11.6 Å². The molecule has 0 aliphatic rings. The minimum Gasteiger partial charge on any atom is -0.465 e. The Bertz CT molecular complexity index is 1290. The van der Waals surface area contributed by atoms with Crippen molar-refractivity contribution in [2.75, 3.05) is 12.4 Å². The van der Waals surface area contributed by atoms with Gasteiger partial charge in [-0.2, -0.15) is 0 Å². The van der Waals surface area contributed by atoms with Crippen LogP contribution in [-0.2, 0) is 16.0 Å². The van der Waals surface area contributed by atoms with Crippen LogP contribution in [0.4, 0.5) is 10.5 Å². The number of benzene rings is 2. The number of alkyl carbamates (subject to hydrolysis) is 1. The average Bonchev–Trinajstić information content (AvgIpc) is 3.17. The number of ether oxygens (including phenoxy) is 2. The number of hydrogen-bond acceptors (Lipinski definition) is 6. The van der Waals surface area contributed by atoms with Gasteiger partial charge in [-0.1, -0.05) is 50.2 Å². The molecule has 38 heavy (non-hydrogen) atoms. The van der Waals surface area contributed by atoms with Crippen molar-refractivity contribution in [3.8, 4) is 0 Å². The molecule has 0 radical (unpaired) electrons. The zero-order chi connectivity index (χ0) is 28.0. The molecule has 0 aliphatic carbocycles. The van der Waals surface area contributed by atoms with Crippen LogP contribution in [-0.4, -0.2) is 40.2 Å². The van der Waals surface area contributed by atoms with Crippen molar-refractivity contribution in [1.29, 1.82) is 0 Å². The van der Waals surface area contributed by atoms with E-state index in [1.165, 1.54) is 7.11 Å². The van der Waals surface area contributed by atoms with Crippen LogP contribution in [0.1, 0.15) is 78.6 Å². The van der Waals surface area contributed by atoms with Gasteiger partial charge in [0.2, 0.25) is 0 Å². The van der Waals surface area contributed by atoms with E-state index in [0.29, 0.717) is 29.3 Å². The predicted molar refractivity (Wildman–Crippen MR) is 145 cm³/mol. The number of aromatic nitrogens is 2. The van der Waals surface area contributed by atoms with E-state index < -0.39 is 29.6 Å². The second kappa shape index (κ2) is 11.9. The van der Waals surface area contributed by atoms with Crippen LogP contribution >= 0.6 is 0 Å². The summed E-state index contributed by atoms with van der Waals surface area (Å²) in [5.74, 6) is -0.441. The Morgan fingerprint density at radius 2 is 1.71 bits per heavy atom. The topological polar surface area (TPSA) is 112 Å². The fraction of sp³-hybridized carbons (Fsp3) is 0.379. The maximum Gasteiger partial charge on any atom is 0.408 e. The molecule has 2 amide bonds. The number of esters is 1. The van der Waals surface area contributed by atoms with E-state index in [2.05, 4.69) is 10.6 Å². The van der Waals surface area contributed by atoms with Crippen LogP contribution in [0, 0.1) is 12.8 Å². The summed E-state index contributed by atoms with van der Waals surface area (Å²) < 4.78 is 12.2. The van der Waals surface area contributed by atoms with E-state index in [9.17, 15) is 14.4 Å². The van der Waals surface area contributed by atoms with Gasteiger partial charge in [0, 0.05) is 17.9 Å². The molecule has 2 N–H and O–H groups in total. The van der Waals surface area contributed by atoms with Crippen molar-refractivity contribution >= 4 is 23.7 Å². The Labute approximate surface area is 223 Å². The molecular formula is C29H36N4O5. The quantitative estimate of drug-likeness (QED) is 0.379. The molecule has 0 saturated heterocycles. The second-order valence-electron chi connectivity index (χ2n) is 10.4. The molecule has 1 aromatic heterocycles. The van der Waals surface area contributed by atoms with Crippen LogP contribution in [0.5, 0.6) is 0 Å². The number of imidazole rings is 1. The first kappa shape index (κ1) is 28.4. The third-order valence-corrected chi connectivity index (χ3v) is 5.81. The number of carbonyl (C=O) groups is 3. The van der Waals surface area contributed by atoms with Crippen molar-refractivity contribution in [1.82, 2.24) is 14.9 Å². The number of amides is 2. The van der Waals surface area contributed by atoms with Gasteiger partial charge in [0.1, 0.15) is 17.1 Å². The SMILES string of the molecule is COC(=O)c1cccc(NC(=O)c2nc([C@@H](NC(=O)OC(C)(C)C)C(C)C)n(Cc3ccccc3)c2C)c1. The third kappa shape index (κ3) is 7.21. The average molecular weight is 521 g/mol. The molecule has 9 heteroatoms. The normalized spacial score (nSPS) is 12.1. The second-order valence-corrected chi connectivity index (χ2v) is 10.4. The Balaban J connectivity index is 2.01. The van der Waals surface area contributed by atoms with E-state index >= 15 is 0 Å². The number of nitrogens with one attached hydrogen (secondary N) is 2. The summed E-state index contributed by atoms with van der Waals surface area (Å²) in [6, 6.07) is 15.8. The predicted octanol–water partition coefficient (Wildman–Crippen LogP) is 5.50. The van der Waals surface area contributed by atoms with Crippen molar-refractivity contribution in [2.45, 2.75) is 59.7 Å². The Kier molecular flexibility index (Phi) is 8.93. The standard InChI is InChI=1S/C29H36N4O5/c1-18(2)23(32-28(36)38-29(4,5)6)25-31-24(19(3)33(25)17-20-12-9-8-10-13-20)26(34)30-22-15-11-14-21(16-22)27(35)37-7/h8-16,18,23H,17H2,1-7H3,(H,30,34)(H,32,36)/t23-/m0/s1. The zero-order valence-electron chi connectivity index (χ0n) is 23.0. The van der Waals surface area contributed by atoms with Gasteiger partial charge in [-0.05, 0) is 57.4 Å². The van der Waals surface area contributed by atoms with Crippen LogP contribution in [0.25, 0.3) is 0 Å². The monoisotopic (exact) mass is 520 g/mol. The van der Waals surface area contributed by atoms with E-state index in [4.69, 9.17) is 14.5 Å². The molecule has 0 saturated carbocycles. The molecular weight excluding hydrogens is 484 g/mol. The summed E-state index contributed by atoms with van der Waals surface area (Å²) in [5, 5.41) is 5.77. The van der Waals surface area contributed by atoms with Gasteiger partial charge in [-0.3, -0.25) is 4.79 Å². The minimum absolute atomic E-state index is 0.0495. The Morgan fingerprint density at radius 1 is 1.03 bits per heavy atom. The summed E-state index contributed by atoms with van der Waals surface area (Å²) in [6.45, 7) is 11.6. The van der Waals surface area contributed by atoms with E-state index in [1.807, 2.05) is 55.7 Å². The van der Waals surface area contributed by atoms with Gasteiger partial charge < -0.3 is 24.7 Å². The first-order valence-corrected chi connectivity index (χ1v) is 12.5. The van der Waals surface area contributed by atoms with Crippen LogP contribution in [0.3, 0.4) is 0 Å². The van der Waals surface area contributed by atoms with Gasteiger partial charge in [-0.15, -0.1) is 0 Å². The Morgan fingerprint density at radius 3 is 2.32 bits per heavy atom. The van der Waals surface area contributed by atoms with Crippen LogP contribution in [0.2, 0.25) is 0 Å². The summed E-state index contributed by atoms with van der Waals surface area (Å²) in [5.41, 5.74) is 1.97. The summed E-state index contributed by atoms with van der Waals surface area (Å²) in [7, 11) is 1.30. The highest BCUT2D eigenvalue weighted by Crippen LogP contribution is 2.26. The molecule has 9 nitrogen and oxygen atoms in total. The third-order valence-electron chi connectivity index (χ3n) is 5.81. The smallest absolute Gasteiger partial charge is 0.408 e. The largest absolute Gasteiger partial charge is 0.465 e. The lowest BCUT2D eigenvalue weighted by molar-refractivity contribution is 0.0484. The molecule has 2 aromatic carbocycles. The molecule has 202 valence electrons. The van der Waals surface area contributed by atoms with Gasteiger partial charge in [0.05, 0.1) is 18.7 Å². The number of hydrogen-bond donors (Lipinski definition) is 2. The minimum atomic E-state index is -0.662. The fourth-order valence-corrected chi connectivity index (χ4v) is 3.97. The molecule has 0 fully saturated rings. The van der Waals surface area contributed by atoms with Crippen LogP contribution < -0.4 is 10.6 Å². The maximum atomic E-state index is 13.4. The van der Waals surface area contributed by atoms with Gasteiger partial charge in [-0.25, -0.2) is 14.6 Å².